The third-order valence-corrected chi connectivity index (χ3v) is 6.55. The largest absolute Gasteiger partial charge is 0.293 e. The Morgan fingerprint density at radius 1 is 1.00 bits per heavy atom. The number of ketones is 1. The molecule has 0 spiro atoms. The molecule has 0 aliphatic carbocycles. The van der Waals surface area contributed by atoms with Gasteiger partial charge in [-0.2, -0.15) is 0 Å². The summed E-state index contributed by atoms with van der Waals surface area (Å²) in [6.07, 6.45) is 1.49. The summed E-state index contributed by atoms with van der Waals surface area (Å²) in [7, 11) is -4.04. The summed E-state index contributed by atoms with van der Waals surface area (Å²) in [5.41, 5.74) is 1.85. The number of pyridine rings is 2. The Bertz CT molecular complexity index is 1560. The Morgan fingerprint density at radius 3 is 2.52 bits per heavy atom. The van der Waals surface area contributed by atoms with Crippen LogP contribution in [0.2, 0.25) is 10.2 Å². The number of hydrogen-bond donors (Lipinski definition) is 1. The maximum absolute atomic E-state index is 13.2. The molecule has 0 aliphatic heterocycles. The molecule has 9 heteroatoms. The molecule has 2 aromatic carbocycles. The summed E-state index contributed by atoms with van der Waals surface area (Å²) >= 11 is 12.2. The standard InChI is InChI=1S/C24H15Cl2N3O3S/c1-15(30)20-12-10-16(14-27-20)9-11-17-5-2-3-7-21(17)29-33(31,32)22-8-4-6-18-19(25)13-23(26)28-24(18)22/h2-8,10,12-14,29H,1H3. The average molecular weight is 496 g/mol. The highest BCUT2D eigenvalue weighted by Gasteiger charge is 2.21. The summed E-state index contributed by atoms with van der Waals surface area (Å²) < 4.78 is 29.1. The second kappa shape index (κ2) is 9.20. The van der Waals surface area contributed by atoms with Crippen LogP contribution in [0.3, 0.4) is 0 Å². The zero-order chi connectivity index (χ0) is 23.6. The fourth-order valence-corrected chi connectivity index (χ4v) is 4.82. The van der Waals surface area contributed by atoms with Gasteiger partial charge in [-0.3, -0.25) is 14.5 Å². The molecule has 164 valence electrons. The topological polar surface area (TPSA) is 89.0 Å². The van der Waals surface area contributed by atoms with Crippen LogP contribution < -0.4 is 4.72 Å². The van der Waals surface area contributed by atoms with E-state index in [-0.39, 0.29) is 21.3 Å². The van der Waals surface area contributed by atoms with Gasteiger partial charge in [0, 0.05) is 29.6 Å². The van der Waals surface area contributed by atoms with Crippen LogP contribution in [0.5, 0.6) is 0 Å². The van der Waals surface area contributed by atoms with Crippen molar-refractivity contribution in [2.24, 2.45) is 0 Å². The van der Waals surface area contributed by atoms with Gasteiger partial charge in [0.25, 0.3) is 10.0 Å². The molecular formula is C24H15Cl2N3O3S. The molecule has 0 amide bonds. The van der Waals surface area contributed by atoms with Crippen LogP contribution in [0.25, 0.3) is 10.9 Å². The first-order chi connectivity index (χ1) is 15.7. The Balaban J connectivity index is 1.70. The number of Topliss-reactive ketones (excluding diaryl/α,β-unsaturated/α-hetero) is 1. The second-order valence-electron chi connectivity index (χ2n) is 6.97. The van der Waals surface area contributed by atoms with Crippen LogP contribution in [0.1, 0.15) is 28.5 Å². The molecule has 2 heterocycles. The van der Waals surface area contributed by atoms with Crippen molar-refractivity contribution in [3.05, 3.63) is 93.9 Å². The summed E-state index contributed by atoms with van der Waals surface area (Å²) in [6.45, 7) is 1.43. The molecule has 4 rings (SSSR count). The number of nitrogens with zero attached hydrogens (tertiary/aromatic N) is 2. The van der Waals surface area contributed by atoms with Gasteiger partial charge < -0.3 is 0 Å². The van der Waals surface area contributed by atoms with Gasteiger partial charge in [0.15, 0.2) is 5.78 Å². The molecular weight excluding hydrogens is 481 g/mol. The van der Waals surface area contributed by atoms with Gasteiger partial charge in [-0.15, -0.1) is 0 Å². The number of carbonyl (C=O) groups is 1. The number of fused-ring (bicyclic) bond motifs is 1. The molecule has 6 nitrogen and oxygen atoms in total. The third-order valence-electron chi connectivity index (χ3n) is 4.65. The highest BCUT2D eigenvalue weighted by atomic mass is 35.5. The van der Waals surface area contributed by atoms with Crippen LogP contribution in [0.4, 0.5) is 5.69 Å². The first kappa shape index (κ1) is 22.7. The molecule has 0 unspecified atom stereocenters. The molecule has 4 aromatic rings. The fourth-order valence-electron chi connectivity index (χ4n) is 3.07. The van der Waals surface area contributed by atoms with E-state index in [9.17, 15) is 13.2 Å². The number of para-hydroxylation sites is 2. The van der Waals surface area contributed by atoms with Crippen molar-refractivity contribution in [1.29, 1.82) is 0 Å². The zero-order valence-electron chi connectivity index (χ0n) is 17.1. The molecule has 0 saturated carbocycles. The van der Waals surface area contributed by atoms with Gasteiger partial charge in [0.05, 0.1) is 16.2 Å². The van der Waals surface area contributed by atoms with E-state index < -0.39 is 10.0 Å². The zero-order valence-corrected chi connectivity index (χ0v) is 19.5. The molecule has 0 aliphatic rings. The molecule has 0 saturated heterocycles. The lowest BCUT2D eigenvalue weighted by molar-refractivity contribution is 0.101. The second-order valence-corrected chi connectivity index (χ2v) is 9.41. The molecule has 0 radical (unpaired) electrons. The highest BCUT2D eigenvalue weighted by Crippen LogP contribution is 2.30. The maximum Gasteiger partial charge on any atom is 0.264 e. The van der Waals surface area contributed by atoms with Crippen LogP contribution in [0, 0.1) is 11.8 Å². The van der Waals surface area contributed by atoms with Gasteiger partial charge in [-0.05, 0) is 36.4 Å². The lowest BCUT2D eigenvalue weighted by atomic mass is 10.1. The van der Waals surface area contributed by atoms with E-state index in [0.29, 0.717) is 32.9 Å². The normalized spacial score (nSPS) is 11.0. The van der Waals surface area contributed by atoms with Crippen LogP contribution in [0.15, 0.2) is 71.8 Å². The number of rotatable bonds is 4. The van der Waals surface area contributed by atoms with Gasteiger partial charge >= 0.3 is 0 Å². The van der Waals surface area contributed by atoms with E-state index in [1.165, 1.54) is 25.3 Å². The molecule has 2 aromatic heterocycles. The average Bonchev–Trinajstić information content (AvgIpc) is 2.78. The van der Waals surface area contributed by atoms with Crippen molar-refractivity contribution >= 4 is 55.6 Å². The van der Waals surface area contributed by atoms with E-state index in [2.05, 4.69) is 26.5 Å². The predicted molar refractivity (Wildman–Crippen MR) is 129 cm³/mol. The van der Waals surface area contributed by atoms with Crippen molar-refractivity contribution < 1.29 is 13.2 Å². The van der Waals surface area contributed by atoms with Crippen molar-refractivity contribution in [2.75, 3.05) is 4.72 Å². The van der Waals surface area contributed by atoms with Crippen molar-refractivity contribution in [2.45, 2.75) is 11.8 Å². The molecule has 1 N–H and O–H groups in total. The van der Waals surface area contributed by atoms with Crippen LogP contribution in [-0.2, 0) is 10.0 Å². The van der Waals surface area contributed by atoms with E-state index in [4.69, 9.17) is 23.2 Å². The summed E-state index contributed by atoms with van der Waals surface area (Å²) in [5, 5.41) is 0.863. The van der Waals surface area contributed by atoms with Crippen LogP contribution >= 0.6 is 23.2 Å². The Hall–Kier alpha value is -3.44. The first-order valence-corrected chi connectivity index (χ1v) is 11.8. The highest BCUT2D eigenvalue weighted by molar-refractivity contribution is 7.93. The van der Waals surface area contributed by atoms with Gasteiger partial charge in [-0.1, -0.05) is 59.3 Å². The van der Waals surface area contributed by atoms with Gasteiger partial charge in [-0.25, -0.2) is 13.4 Å². The van der Waals surface area contributed by atoms with E-state index in [1.54, 1.807) is 48.5 Å². The Labute approximate surface area is 200 Å². The van der Waals surface area contributed by atoms with Crippen molar-refractivity contribution in [3.63, 3.8) is 0 Å². The minimum Gasteiger partial charge on any atom is -0.293 e. The summed E-state index contributed by atoms with van der Waals surface area (Å²) in [6, 6.07) is 16.2. The maximum atomic E-state index is 13.2. The quantitative estimate of drug-likeness (QED) is 0.234. The lowest BCUT2D eigenvalue weighted by Gasteiger charge is -2.12. The van der Waals surface area contributed by atoms with E-state index in [0.717, 1.165) is 0 Å². The number of sulfonamides is 1. The van der Waals surface area contributed by atoms with E-state index >= 15 is 0 Å². The number of benzene rings is 2. The van der Waals surface area contributed by atoms with Crippen LogP contribution in [-0.4, -0.2) is 24.2 Å². The number of hydrogen-bond acceptors (Lipinski definition) is 5. The number of anilines is 1. The number of halogens is 2. The molecule has 33 heavy (non-hydrogen) atoms. The third kappa shape index (κ3) is 4.99. The predicted octanol–water partition coefficient (Wildman–Crippen LogP) is 5.34. The first-order valence-electron chi connectivity index (χ1n) is 9.60. The smallest absolute Gasteiger partial charge is 0.264 e. The Morgan fingerprint density at radius 2 is 1.79 bits per heavy atom. The number of carbonyl (C=O) groups excluding carboxylic acids is 1. The molecule has 0 bridgehead atoms. The molecule has 0 atom stereocenters. The minimum absolute atomic E-state index is 0.0591. The number of nitrogens with one attached hydrogen (secondary N) is 1. The molecule has 0 fully saturated rings. The van der Waals surface area contributed by atoms with Gasteiger partial charge in [0.1, 0.15) is 15.7 Å². The monoisotopic (exact) mass is 495 g/mol. The lowest BCUT2D eigenvalue weighted by Crippen LogP contribution is -2.14. The Kier molecular flexibility index (Phi) is 6.34. The summed E-state index contributed by atoms with van der Waals surface area (Å²) in [4.78, 5) is 19.5. The SMILES string of the molecule is CC(=O)c1ccc(C#Cc2ccccc2NS(=O)(=O)c2cccc3c(Cl)cc(Cl)nc23)cn1. The summed E-state index contributed by atoms with van der Waals surface area (Å²) in [5.74, 6) is 5.74. The van der Waals surface area contributed by atoms with Gasteiger partial charge in [0.2, 0.25) is 0 Å². The minimum atomic E-state index is -4.04. The van der Waals surface area contributed by atoms with Crippen molar-refractivity contribution in [1.82, 2.24) is 9.97 Å². The number of aromatic nitrogens is 2. The van der Waals surface area contributed by atoms with Crippen molar-refractivity contribution in [3.8, 4) is 11.8 Å². The fraction of sp³-hybridized carbons (Fsp3) is 0.0417. The van der Waals surface area contributed by atoms with E-state index in [1.807, 2.05) is 0 Å².